The van der Waals surface area contributed by atoms with Crippen molar-refractivity contribution in [2.45, 2.75) is 32.3 Å². The zero-order chi connectivity index (χ0) is 17.9. The van der Waals surface area contributed by atoms with Crippen molar-refractivity contribution < 1.29 is 19.4 Å². The lowest BCUT2D eigenvalue weighted by molar-refractivity contribution is -0.147. The zero-order valence-corrected chi connectivity index (χ0v) is 14.6. The highest BCUT2D eigenvalue weighted by molar-refractivity contribution is 5.79. The van der Waals surface area contributed by atoms with Crippen LogP contribution in [0.1, 0.15) is 37.9 Å². The Kier molecular flexibility index (Phi) is 5.27. The van der Waals surface area contributed by atoms with Crippen LogP contribution in [0, 0.1) is 11.3 Å². The number of benzene rings is 1. The predicted molar refractivity (Wildman–Crippen MR) is 93.2 cm³/mol. The third-order valence-corrected chi connectivity index (χ3v) is 5.37. The molecule has 0 spiro atoms. The number of hydrogen-bond acceptors (Lipinski definition) is 3. The third-order valence-electron chi connectivity index (χ3n) is 5.37. The molecule has 0 bridgehead atoms. The lowest BCUT2D eigenvalue weighted by Gasteiger charge is -2.32. The molecule has 0 saturated carbocycles. The topological polar surface area (TPSA) is 78.9 Å². The van der Waals surface area contributed by atoms with Crippen molar-refractivity contribution in [2.24, 2.45) is 11.3 Å². The second kappa shape index (κ2) is 7.44. The number of ether oxygens (including phenoxy) is 1. The van der Waals surface area contributed by atoms with Crippen LogP contribution in [0.25, 0.3) is 0 Å². The largest absolute Gasteiger partial charge is 0.481 e. The molecule has 6 heteroatoms. The molecule has 1 aromatic rings. The first kappa shape index (κ1) is 17.7. The predicted octanol–water partition coefficient (Wildman–Crippen LogP) is 2.66. The van der Waals surface area contributed by atoms with Crippen LogP contribution in [0.4, 0.5) is 4.79 Å². The van der Waals surface area contributed by atoms with Gasteiger partial charge in [-0.3, -0.25) is 4.79 Å². The van der Waals surface area contributed by atoms with E-state index < -0.39 is 11.4 Å². The second-order valence-corrected chi connectivity index (χ2v) is 7.33. The van der Waals surface area contributed by atoms with Gasteiger partial charge in [-0.1, -0.05) is 30.3 Å². The van der Waals surface area contributed by atoms with Crippen molar-refractivity contribution in [1.82, 2.24) is 10.2 Å². The van der Waals surface area contributed by atoms with E-state index in [1.807, 2.05) is 18.2 Å². The van der Waals surface area contributed by atoms with E-state index in [0.29, 0.717) is 19.5 Å². The van der Waals surface area contributed by atoms with E-state index in [-0.39, 0.29) is 24.6 Å². The van der Waals surface area contributed by atoms with Gasteiger partial charge in [0.1, 0.15) is 0 Å². The molecule has 2 heterocycles. The molecule has 3 unspecified atom stereocenters. The number of carboxylic acids is 1. The monoisotopic (exact) mass is 346 g/mol. The van der Waals surface area contributed by atoms with Crippen LogP contribution < -0.4 is 5.32 Å². The van der Waals surface area contributed by atoms with Gasteiger partial charge in [-0.2, -0.15) is 0 Å². The summed E-state index contributed by atoms with van der Waals surface area (Å²) in [5.74, 6) is -0.610. The van der Waals surface area contributed by atoms with Crippen LogP contribution in [0.2, 0.25) is 0 Å². The molecule has 2 N–H and O–H groups in total. The Labute approximate surface area is 148 Å². The fourth-order valence-corrected chi connectivity index (χ4v) is 3.70. The summed E-state index contributed by atoms with van der Waals surface area (Å²) in [5, 5.41) is 12.3. The smallest absolute Gasteiger partial charge is 0.317 e. The van der Waals surface area contributed by atoms with E-state index >= 15 is 0 Å². The number of carbonyl (C=O) groups excluding carboxylic acids is 1. The number of nitrogens with zero attached hydrogens (tertiary/aromatic N) is 1. The molecule has 3 rings (SSSR count). The summed E-state index contributed by atoms with van der Waals surface area (Å²) in [7, 11) is 0. The van der Waals surface area contributed by atoms with Gasteiger partial charge in [0.15, 0.2) is 0 Å². The number of nitrogens with one attached hydrogen (secondary N) is 1. The van der Waals surface area contributed by atoms with Crippen LogP contribution in [0.15, 0.2) is 30.3 Å². The molecule has 25 heavy (non-hydrogen) atoms. The molecule has 3 atom stereocenters. The van der Waals surface area contributed by atoms with Crippen molar-refractivity contribution in [3.63, 3.8) is 0 Å². The van der Waals surface area contributed by atoms with E-state index in [1.165, 1.54) is 0 Å². The van der Waals surface area contributed by atoms with Crippen molar-refractivity contribution >= 4 is 12.0 Å². The molecule has 2 saturated heterocycles. The summed E-state index contributed by atoms with van der Waals surface area (Å²) >= 11 is 0. The van der Waals surface area contributed by atoms with Crippen LogP contribution >= 0.6 is 0 Å². The highest BCUT2D eigenvalue weighted by atomic mass is 16.5. The minimum absolute atomic E-state index is 0.00175. The van der Waals surface area contributed by atoms with Gasteiger partial charge in [-0.15, -0.1) is 0 Å². The second-order valence-electron chi connectivity index (χ2n) is 7.33. The number of aliphatic carboxylic acids is 1. The number of carboxylic acid groups (broad SMARTS) is 1. The van der Waals surface area contributed by atoms with Crippen molar-refractivity contribution in [3.8, 4) is 0 Å². The molecule has 0 radical (unpaired) electrons. The molecule has 6 nitrogen and oxygen atoms in total. The van der Waals surface area contributed by atoms with Crippen LogP contribution in [0.3, 0.4) is 0 Å². The Hall–Kier alpha value is -2.08. The van der Waals surface area contributed by atoms with Crippen molar-refractivity contribution in [3.05, 3.63) is 35.9 Å². The van der Waals surface area contributed by atoms with Crippen LogP contribution in [-0.2, 0) is 9.53 Å². The van der Waals surface area contributed by atoms with Crippen LogP contribution in [0.5, 0.6) is 0 Å². The number of carbonyl (C=O) groups is 2. The van der Waals surface area contributed by atoms with Gasteiger partial charge in [0.05, 0.1) is 11.5 Å². The van der Waals surface area contributed by atoms with E-state index in [9.17, 15) is 14.7 Å². The first-order valence-electron chi connectivity index (χ1n) is 8.92. The van der Waals surface area contributed by atoms with Crippen molar-refractivity contribution in [2.75, 3.05) is 26.2 Å². The molecule has 1 aromatic carbocycles. The Balaban J connectivity index is 1.57. The minimum atomic E-state index is -0.840. The maximum Gasteiger partial charge on any atom is 0.317 e. The Bertz CT molecular complexity index is 621. The molecule has 2 aliphatic rings. The van der Waals surface area contributed by atoms with E-state index in [4.69, 9.17) is 4.74 Å². The van der Waals surface area contributed by atoms with Gasteiger partial charge in [-0.05, 0) is 31.7 Å². The highest BCUT2D eigenvalue weighted by Gasteiger charge is 2.42. The number of hydrogen-bond donors (Lipinski definition) is 2. The maximum atomic E-state index is 12.4. The summed E-state index contributed by atoms with van der Waals surface area (Å²) in [6, 6.07) is 9.92. The number of rotatable bonds is 4. The molecule has 136 valence electrons. The lowest BCUT2D eigenvalue weighted by atomic mass is 9.89. The number of urea groups is 1. The van der Waals surface area contributed by atoms with Crippen molar-refractivity contribution in [1.29, 1.82) is 0 Å². The molecular weight excluding hydrogens is 320 g/mol. The summed E-state index contributed by atoms with van der Waals surface area (Å²) in [5.41, 5.74) is 0.304. The maximum absolute atomic E-state index is 12.4. The van der Waals surface area contributed by atoms with E-state index in [1.54, 1.807) is 11.8 Å². The standard InChI is InChI=1S/C19H26N2O4/c1-19(17(22)23)9-10-21(13-19)18(24)20-12-15-8-5-11-25-16(15)14-6-3-2-4-7-14/h2-4,6-7,15-16H,5,8-13H2,1H3,(H,20,24)(H,22,23). The molecule has 2 aliphatic heterocycles. The fourth-order valence-electron chi connectivity index (χ4n) is 3.70. The first-order chi connectivity index (χ1) is 12.0. The summed E-state index contributed by atoms with van der Waals surface area (Å²) < 4.78 is 5.96. The molecule has 0 aliphatic carbocycles. The van der Waals surface area contributed by atoms with E-state index in [2.05, 4.69) is 17.4 Å². The van der Waals surface area contributed by atoms with Gasteiger partial charge in [-0.25, -0.2) is 4.79 Å². The number of amides is 2. The minimum Gasteiger partial charge on any atom is -0.481 e. The molecule has 0 aromatic heterocycles. The molecule has 2 amide bonds. The van der Waals surface area contributed by atoms with Gasteiger partial charge in [0, 0.05) is 32.2 Å². The van der Waals surface area contributed by atoms with Gasteiger partial charge in [0.2, 0.25) is 0 Å². The van der Waals surface area contributed by atoms with Gasteiger partial charge < -0.3 is 20.1 Å². The van der Waals surface area contributed by atoms with E-state index in [0.717, 1.165) is 25.0 Å². The van der Waals surface area contributed by atoms with Gasteiger partial charge >= 0.3 is 12.0 Å². The van der Waals surface area contributed by atoms with Gasteiger partial charge in [0.25, 0.3) is 0 Å². The average molecular weight is 346 g/mol. The zero-order valence-electron chi connectivity index (χ0n) is 14.6. The summed E-state index contributed by atoms with van der Waals surface area (Å²) in [6.07, 6.45) is 2.49. The quantitative estimate of drug-likeness (QED) is 0.878. The SMILES string of the molecule is CC1(C(=O)O)CCN(C(=O)NCC2CCCOC2c2ccccc2)C1. The first-order valence-corrected chi connectivity index (χ1v) is 8.92. The average Bonchev–Trinajstić information content (AvgIpc) is 3.05. The Morgan fingerprint density at radius 3 is 2.80 bits per heavy atom. The summed E-state index contributed by atoms with van der Waals surface area (Å²) in [4.78, 5) is 25.4. The third kappa shape index (κ3) is 3.95. The Morgan fingerprint density at radius 1 is 1.36 bits per heavy atom. The fraction of sp³-hybridized carbons (Fsp3) is 0.579. The lowest BCUT2D eigenvalue weighted by Crippen LogP contribution is -2.43. The molecular formula is C19H26N2O4. The summed E-state index contributed by atoms with van der Waals surface area (Å²) in [6.45, 7) is 3.73. The number of likely N-dealkylation sites (tertiary alicyclic amines) is 1. The highest BCUT2D eigenvalue weighted by Crippen LogP contribution is 2.33. The van der Waals surface area contributed by atoms with Crippen LogP contribution in [-0.4, -0.2) is 48.2 Å². The molecule has 2 fully saturated rings. The Morgan fingerprint density at radius 2 is 2.12 bits per heavy atom. The normalized spacial score (nSPS) is 29.4.